The van der Waals surface area contributed by atoms with Crippen molar-refractivity contribution >= 4 is 46.8 Å². The van der Waals surface area contributed by atoms with Gasteiger partial charge in [0.15, 0.2) is 0 Å². The second kappa shape index (κ2) is 19.7. The largest absolute Gasteiger partial charge is 0.462 e. The van der Waals surface area contributed by atoms with Crippen LogP contribution in [-0.2, 0) is 22.6 Å². The molecule has 0 aliphatic carbocycles. The summed E-state index contributed by atoms with van der Waals surface area (Å²) in [7, 11) is 0. The van der Waals surface area contributed by atoms with Crippen molar-refractivity contribution in [3.8, 4) is 0 Å². The Labute approximate surface area is 291 Å². The summed E-state index contributed by atoms with van der Waals surface area (Å²) in [6, 6.07) is 26.9. The van der Waals surface area contributed by atoms with Gasteiger partial charge >= 0.3 is 24.0 Å². The van der Waals surface area contributed by atoms with Crippen molar-refractivity contribution in [3.05, 3.63) is 119 Å². The molecule has 0 saturated carbocycles. The van der Waals surface area contributed by atoms with Gasteiger partial charge in [0.05, 0.1) is 35.7 Å². The van der Waals surface area contributed by atoms with Crippen molar-refractivity contribution in [3.63, 3.8) is 0 Å². The van der Waals surface area contributed by atoms with Crippen LogP contribution in [0.15, 0.2) is 107 Å². The summed E-state index contributed by atoms with van der Waals surface area (Å²) in [5.41, 5.74) is 5.03. The van der Waals surface area contributed by atoms with Gasteiger partial charge in [0.1, 0.15) is 0 Å². The molecule has 0 aromatic heterocycles. The maximum absolute atomic E-state index is 12.4. The molecule has 0 unspecified atom stereocenters. The molecular formula is C38H42N6O6. The highest BCUT2D eigenvalue weighted by molar-refractivity contribution is 5.93. The molecule has 4 aromatic carbocycles. The van der Waals surface area contributed by atoms with E-state index in [1.54, 1.807) is 72.8 Å². The van der Waals surface area contributed by atoms with Crippen LogP contribution < -0.4 is 21.3 Å². The third kappa shape index (κ3) is 12.5. The number of carbonyl (C=O) groups is 4. The fraction of sp³-hybridized carbons (Fsp3) is 0.263. The van der Waals surface area contributed by atoms with Crippen LogP contribution in [0.1, 0.15) is 71.4 Å². The minimum absolute atomic E-state index is 0.306. The van der Waals surface area contributed by atoms with Crippen LogP contribution in [0, 0.1) is 0 Å². The van der Waals surface area contributed by atoms with Crippen LogP contribution in [0.25, 0.3) is 0 Å². The molecule has 0 radical (unpaired) electrons. The van der Waals surface area contributed by atoms with Crippen LogP contribution in [0.4, 0.5) is 32.3 Å². The number of nitrogens with zero attached hydrogens (tertiary/aromatic N) is 2. The van der Waals surface area contributed by atoms with Gasteiger partial charge in [-0.05, 0) is 96.8 Å². The zero-order chi connectivity index (χ0) is 35.6. The highest BCUT2D eigenvalue weighted by Gasteiger charge is 2.09. The Morgan fingerprint density at radius 3 is 1.22 bits per heavy atom. The van der Waals surface area contributed by atoms with Gasteiger partial charge in [-0.25, -0.2) is 19.2 Å². The molecule has 0 aliphatic rings. The third-order valence-electron chi connectivity index (χ3n) is 7.28. The molecule has 50 heavy (non-hydrogen) atoms. The lowest BCUT2D eigenvalue weighted by Gasteiger charge is -2.09. The van der Waals surface area contributed by atoms with Gasteiger partial charge < -0.3 is 30.7 Å². The summed E-state index contributed by atoms with van der Waals surface area (Å²) in [5, 5.41) is 19.7. The molecule has 4 aromatic rings. The predicted octanol–water partition coefficient (Wildman–Crippen LogP) is 8.66. The van der Waals surface area contributed by atoms with Crippen LogP contribution in [0.5, 0.6) is 0 Å². The SMILES string of the molecule is CCCCOC(=O)c1ccc(NC(=O)NCc2ccc(N=Nc3ccc(CNC(=O)Nc4ccc(C(=O)OCCCC)cc4)cc3)cc2)cc1. The summed E-state index contributed by atoms with van der Waals surface area (Å²) in [5.74, 6) is -0.765. The van der Waals surface area contributed by atoms with Crippen molar-refractivity contribution in [2.45, 2.75) is 52.6 Å². The van der Waals surface area contributed by atoms with E-state index >= 15 is 0 Å². The fourth-order valence-corrected chi connectivity index (χ4v) is 4.36. The normalized spacial score (nSPS) is 10.7. The lowest BCUT2D eigenvalue weighted by Crippen LogP contribution is -2.28. The molecule has 4 amide bonds. The molecule has 0 heterocycles. The van der Waals surface area contributed by atoms with E-state index in [0.29, 0.717) is 60.2 Å². The van der Waals surface area contributed by atoms with E-state index in [-0.39, 0.29) is 24.0 Å². The molecule has 12 heteroatoms. The van der Waals surface area contributed by atoms with Crippen LogP contribution >= 0.6 is 0 Å². The lowest BCUT2D eigenvalue weighted by atomic mass is 10.2. The maximum atomic E-state index is 12.4. The topological polar surface area (TPSA) is 160 Å². The maximum Gasteiger partial charge on any atom is 0.338 e. The van der Waals surface area contributed by atoms with E-state index in [0.717, 1.165) is 36.8 Å². The van der Waals surface area contributed by atoms with E-state index in [9.17, 15) is 19.2 Å². The Bertz CT molecular complexity index is 1600. The first kappa shape index (κ1) is 36.8. The number of hydrogen-bond donors (Lipinski definition) is 4. The summed E-state index contributed by atoms with van der Waals surface area (Å²) >= 11 is 0. The Morgan fingerprint density at radius 1 is 0.520 bits per heavy atom. The molecule has 4 rings (SSSR count). The van der Waals surface area contributed by atoms with E-state index in [1.165, 1.54) is 0 Å². The second-order valence-electron chi connectivity index (χ2n) is 11.3. The standard InChI is InChI=1S/C38H42N6O6/c1-3-5-23-49-35(45)29-11-19-31(20-12-29)41-37(47)39-25-27-7-15-33(16-8-27)43-44-34-17-9-28(10-18-34)26-40-38(48)42-32-21-13-30(14-22-32)36(46)50-24-6-4-2/h7-22H,3-6,23-26H2,1-2H3,(H2,39,41,47)(H2,40,42,48). The number of urea groups is 2. The highest BCUT2D eigenvalue weighted by atomic mass is 16.5. The minimum atomic E-state index is -0.383. The Hall–Kier alpha value is -6.04. The molecule has 0 saturated heterocycles. The number of nitrogens with one attached hydrogen (secondary N) is 4. The molecule has 0 fully saturated rings. The minimum Gasteiger partial charge on any atom is -0.462 e. The van der Waals surface area contributed by atoms with Crippen molar-refractivity contribution in [1.29, 1.82) is 0 Å². The lowest BCUT2D eigenvalue weighted by molar-refractivity contribution is 0.0490. The smallest absolute Gasteiger partial charge is 0.338 e. The summed E-state index contributed by atoms with van der Waals surface area (Å²) in [4.78, 5) is 48.8. The average Bonchev–Trinajstić information content (AvgIpc) is 3.14. The molecule has 0 spiro atoms. The number of azo groups is 1. The zero-order valence-electron chi connectivity index (χ0n) is 28.2. The van der Waals surface area contributed by atoms with Crippen molar-refractivity contribution in [1.82, 2.24) is 10.6 Å². The number of unbranched alkanes of at least 4 members (excludes halogenated alkanes) is 2. The van der Waals surface area contributed by atoms with Gasteiger partial charge in [0.25, 0.3) is 0 Å². The van der Waals surface area contributed by atoms with Crippen molar-refractivity contribution in [2.24, 2.45) is 10.2 Å². The van der Waals surface area contributed by atoms with Crippen LogP contribution in [0.3, 0.4) is 0 Å². The van der Waals surface area contributed by atoms with Gasteiger partial charge in [0, 0.05) is 24.5 Å². The number of ether oxygens (including phenoxy) is 2. The van der Waals surface area contributed by atoms with Crippen molar-refractivity contribution < 1.29 is 28.7 Å². The molecule has 0 bridgehead atoms. The number of hydrogen-bond acceptors (Lipinski definition) is 8. The first-order valence-electron chi connectivity index (χ1n) is 16.6. The molecule has 260 valence electrons. The van der Waals surface area contributed by atoms with Gasteiger partial charge in [0.2, 0.25) is 0 Å². The zero-order valence-corrected chi connectivity index (χ0v) is 28.2. The summed E-state index contributed by atoms with van der Waals surface area (Å²) in [6.45, 7) is 5.44. The Balaban J connectivity index is 1.15. The first-order valence-corrected chi connectivity index (χ1v) is 16.6. The highest BCUT2D eigenvalue weighted by Crippen LogP contribution is 2.20. The Kier molecular flexibility index (Phi) is 14.5. The van der Waals surface area contributed by atoms with Crippen LogP contribution in [-0.4, -0.2) is 37.2 Å². The Morgan fingerprint density at radius 2 is 0.880 bits per heavy atom. The number of carbonyl (C=O) groups excluding carboxylic acids is 4. The van der Waals surface area contributed by atoms with E-state index in [2.05, 4.69) is 31.5 Å². The quantitative estimate of drug-likeness (QED) is 0.0527. The number of benzene rings is 4. The van der Waals surface area contributed by atoms with Crippen LogP contribution in [0.2, 0.25) is 0 Å². The molecule has 0 atom stereocenters. The molecule has 4 N–H and O–H groups in total. The first-order chi connectivity index (χ1) is 24.3. The van der Waals surface area contributed by atoms with Gasteiger partial charge in [-0.3, -0.25) is 0 Å². The number of esters is 2. The summed E-state index contributed by atoms with van der Waals surface area (Å²) in [6.07, 6.45) is 3.53. The third-order valence-corrected chi connectivity index (χ3v) is 7.28. The number of amides is 4. The molecule has 0 aliphatic heterocycles. The predicted molar refractivity (Wildman–Crippen MR) is 192 cm³/mol. The van der Waals surface area contributed by atoms with Gasteiger partial charge in [-0.15, -0.1) is 0 Å². The van der Waals surface area contributed by atoms with E-state index in [1.807, 2.05) is 38.1 Å². The summed E-state index contributed by atoms with van der Waals surface area (Å²) < 4.78 is 10.4. The fourth-order valence-electron chi connectivity index (χ4n) is 4.36. The molecular weight excluding hydrogens is 636 g/mol. The molecule has 12 nitrogen and oxygen atoms in total. The monoisotopic (exact) mass is 678 g/mol. The van der Waals surface area contributed by atoms with E-state index < -0.39 is 0 Å². The average molecular weight is 679 g/mol. The number of anilines is 2. The van der Waals surface area contributed by atoms with Crippen molar-refractivity contribution in [2.75, 3.05) is 23.8 Å². The van der Waals surface area contributed by atoms with Gasteiger partial charge in [-0.1, -0.05) is 51.0 Å². The van der Waals surface area contributed by atoms with Gasteiger partial charge in [-0.2, -0.15) is 10.2 Å². The van der Waals surface area contributed by atoms with E-state index in [4.69, 9.17) is 9.47 Å². The second-order valence-corrected chi connectivity index (χ2v) is 11.3. The number of rotatable bonds is 16.